The highest BCUT2D eigenvalue weighted by Crippen LogP contribution is 2.35. The molecule has 0 radical (unpaired) electrons. The van der Waals surface area contributed by atoms with E-state index >= 15 is 0 Å². The van der Waals surface area contributed by atoms with Crippen LogP contribution in [0.25, 0.3) is 22.0 Å². The van der Waals surface area contributed by atoms with Gasteiger partial charge >= 0.3 is 0 Å². The lowest BCUT2D eigenvalue weighted by Crippen LogP contribution is -2.10. The van der Waals surface area contributed by atoms with Gasteiger partial charge < -0.3 is 9.72 Å². The summed E-state index contributed by atoms with van der Waals surface area (Å²) in [5.74, 6) is -1.59. The van der Waals surface area contributed by atoms with E-state index in [-0.39, 0.29) is 17.2 Å². The Labute approximate surface area is 143 Å². The Morgan fingerprint density at radius 2 is 1.88 bits per heavy atom. The van der Waals surface area contributed by atoms with E-state index in [0.29, 0.717) is 27.9 Å². The molecule has 0 aliphatic carbocycles. The zero-order valence-corrected chi connectivity index (χ0v) is 14.4. The van der Waals surface area contributed by atoms with Crippen LogP contribution in [0, 0.1) is 18.6 Å². The maximum Gasteiger partial charge on any atom is 0.258 e. The van der Waals surface area contributed by atoms with Gasteiger partial charge in [-0.2, -0.15) is 4.39 Å². The summed E-state index contributed by atoms with van der Waals surface area (Å²) in [4.78, 5) is 19.3. The average Bonchev–Trinajstić information content (AvgIpc) is 2.56. The van der Waals surface area contributed by atoms with Crippen LogP contribution in [-0.4, -0.2) is 17.1 Å². The summed E-state index contributed by atoms with van der Waals surface area (Å²) in [6.45, 7) is 5.69. The van der Waals surface area contributed by atoms with E-state index in [1.165, 1.54) is 13.2 Å². The van der Waals surface area contributed by atoms with Crippen molar-refractivity contribution in [1.82, 2.24) is 9.97 Å². The van der Waals surface area contributed by atoms with E-state index in [9.17, 15) is 13.6 Å². The Balaban J connectivity index is 2.37. The summed E-state index contributed by atoms with van der Waals surface area (Å²) >= 11 is 0. The Bertz CT molecular complexity index is 1030. The molecule has 4 nitrogen and oxygen atoms in total. The minimum absolute atomic E-state index is 0.0971. The SMILES string of the molecule is COc1cc(-c2cc3c(=O)[nH]c(C)nc3cc2C(C)C)cc(F)c1F. The quantitative estimate of drug-likeness (QED) is 0.770. The number of aromatic nitrogens is 2. The highest BCUT2D eigenvalue weighted by molar-refractivity contribution is 5.86. The van der Waals surface area contributed by atoms with Gasteiger partial charge in [0.05, 0.1) is 18.0 Å². The van der Waals surface area contributed by atoms with Gasteiger partial charge in [-0.1, -0.05) is 13.8 Å². The van der Waals surface area contributed by atoms with Crippen molar-refractivity contribution in [2.45, 2.75) is 26.7 Å². The van der Waals surface area contributed by atoms with Crippen LogP contribution in [0.5, 0.6) is 5.75 Å². The van der Waals surface area contributed by atoms with E-state index in [0.717, 1.165) is 11.6 Å². The average molecular weight is 344 g/mol. The number of ether oxygens (including phenoxy) is 1. The first-order valence-corrected chi connectivity index (χ1v) is 7.89. The fraction of sp³-hybridized carbons (Fsp3) is 0.263. The summed E-state index contributed by atoms with van der Waals surface area (Å²) in [7, 11) is 1.28. The van der Waals surface area contributed by atoms with Gasteiger partial charge in [0.25, 0.3) is 5.56 Å². The predicted molar refractivity (Wildman–Crippen MR) is 93.1 cm³/mol. The Hall–Kier alpha value is -2.76. The summed E-state index contributed by atoms with van der Waals surface area (Å²) in [6, 6.07) is 6.04. The molecule has 0 aliphatic heterocycles. The first kappa shape index (κ1) is 17.1. The maximum absolute atomic E-state index is 14.0. The number of rotatable bonds is 3. The van der Waals surface area contributed by atoms with Crippen molar-refractivity contribution in [2.24, 2.45) is 0 Å². The molecule has 1 N–H and O–H groups in total. The first-order valence-electron chi connectivity index (χ1n) is 7.89. The monoisotopic (exact) mass is 344 g/mol. The fourth-order valence-electron chi connectivity index (χ4n) is 2.91. The molecule has 0 unspecified atom stereocenters. The number of nitrogens with zero attached hydrogens (tertiary/aromatic N) is 1. The molecule has 0 amide bonds. The van der Waals surface area contributed by atoms with Crippen LogP contribution in [0.1, 0.15) is 31.2 Å². The topological polar surface area (TPSA) is 55.0 Å². The van der Waals surface area contributed by atoms with Crippen LogP contribution in [0.4, 0.5) is 8.78 Å². The summed E-state index contributed by atoms with van der Waals surface area (Å²) in [6.07, 6.45) is 0. The molecular formula is C19H18F2N2O2. The van der Waals surface area contributed by atoms with Crippen molar-refractivity contribution in [2.75, 3.05) is 7.11 Å². The number of aryl methyl sites for hydroxylation is 1. The number of benzene rings is 2. The van der Waals surface area contributed by atoms with Crippen molar-refractivity contribution in [3.8, 4) is 16.9 Å². The lowest BCUT2D eigenvalue weighted by atomic mass is 9.91. The second-order valence-corrected chi connectivity index (χ2v) is 6.24. The number of fused-ring (bicyclic) bond motifs is 1. The molecule has 130 valence electrons. The molecule has 3 aromatic rings. The molecule has 0 saturated heterocycles. The van der Waals surface area contributed by atoms with E-state index in [2.05, 4.69) is 9.97 Å². The summed E-state index contributed by atoms with van der Waals surface area (Å²) in [5, 5.41) is 0.397. The normalized spacial score (nSPS) is 11.3. The Morgan fingerprint density at radius 1 is 1.16 bits per heavy atom. The molecule has 0 aliphatic rings. The maximum atomic E-state index is 14.0. The fourth-order valence-corrected chi connectivity index (χ4v) is 2.91. The zero-order valence-electron chi connectivity index (χ0n) is 14.4. The highest BCUT2D eigenvalue weighted by atomic mass is 19.2. The Morgan fingerprint density at radius 3 is 2.52 bits per heavy atom. The molecule has 1 aromatic heterocycles. The van der Waals surface area contributed by atoms with E-state index < -0.39 is 11.6 Å². The van der Waals surface area contributed by atoms with E-state index in [1.807, 2.05) is 19.9 Å². The molecule has 25 heavy (non-hydrogen) atoms. The highest BCUT2D eigenvalue weighted by Gasteiger charge is 2.17. The third-order valence-electron chi connectivity index (χ3n) is 4.14. The predicted octanol–water partition coefficient (Wildman–Crippen LogP) is 4.31. The number of H-pyrrole nitrogens is 1. The van der Waals surface area contributed by atoms with Gasteiger partial charge in [-0.25, -0.2) is 9.37 Å². The largest absolute Gasteiger partial charge is 0.494 e. The van der Waals surface area contributed by atoms with Crippen molar-refractivity contribution >= 4 is 10.9 Å². The van der Waals surface area contributed by atoms with Crippen LogP contribution in [-0.2, 0) is 0 Å². The second-order valence-electron chi connectivity index (χ2n) is 6.24. The second kappa shape index (κ2) is 6.27. The van der Waals surface area contributed by atoms with Crippen molar-refractivity contribution in [1.29, 1.82) is 0 Å². The van der Waals surface area contributed by atoms with Crippen LogP contribution >= 0.6 is 0 Å². The first-order chi connectivity index (χ1) is 11.8. The Kier molecular flexibility index (Phi) is 4.29. The molecule has 0 fully saturated rings. The van der Waals surface area contributed by atoms with Crippen LogP contribution in [0.3, 0.4) is 0 Å². The van der Waals surface area contributed by atoms with Gasteiger partial charge in [0, 0.05) is 0 Å². The third kappa shape index (κ3) is 2.99. The number of aromatic amines is 1. The van der Waals surface area contributed by atoms with Gasteiger partial charge in [-0.05, 0) is 53.8 Å². The van der Waals surface area contributed by atoms with E-state index in [1.54, 1.807) is 13.0 Å². The molecule has 1 heterocycles. The number of methoxy groups -OCH3 is 1. The van der Waals surface area contributed by atoms with Gasteiger partial charge in [-0.3, -0.25) is 4.79 Å². The van der Waals surface area contributed by atoms with Gasteiger partial charge in [0.1, 0.15) is 5.82 Å². The lowest BCUT2D eigenvalue weighted by molar-refractivity contribution is 0.372. The molecule has 0 bridgehead atoms. The zero-order chi connectivity index (χ0) is 18.3. The van der Waals surface area contributed by atoms with Crippen LogP contribution < -0.4 is 10.3 Å². The molecule has 0 saturated carbocycles. The van der Waals surface area contributed by atoms with Crippen molar-refractivity contribution in [3.05, 3.63) is 57.6 Å². The van der Waals surface area contributed by atoms with Gasteiger partial charge in [-0.15, -0.1) is 0 Å². The number of hydrogen-bond acceptors (Lipinski definition) is 3. The van der Waals surface area contributed by atoms with E-state index in [4.69, 9.17) is 4.74 Å². The van der Waals surface area contributed by atoms with Gasteiger partial charge in [0.2, 0.25) is 5.82 Å². The minimum atomic E-state index is -1.03. The van der Waals surface area contributed by atoms with Crippen LogP contribution in [0.15, 0.2) is 29.1 Å². The number of halogens is 2. The molecular weight excluding hydrogens is 326 g/mol. The van der Waals surface area contributed by atoms with Crippen LogP contribution in [0.2, 0.25) is 0 Å². The number of hydrogen-bond donors (Lipinski definition) is 1. The third-order valence-corrected chi connectivity index (χ3v) is 4.14. The standard InChI is InChI=1S/C19H18F2N2O2/c1-9(2)12-8-16-14(19(24)23-10(3)22-16)7-13(12)11-5-15(20)18(21)17(6-11)25-4/h5-9H,1-4H3,(H,22,23,24). The summed E-state index contributed by atoms with van der Waals surface area (Å²) < 4.78 is 32.6. The van der Waals surface area contributed by atoms with Gasteiger partial charge in [0.15, 0.2) is 11.6 Å². The molecule has 0 atom stereocenters. The molecule has 2 aromatic carbocycles. The smallest absolute Gasteiger partial charge is 0.258 e. The minimum Gasteiger partial charge on any atom is -0.494 e. The number of nitrogens with one attached hydrogen (secondary N) is 1. The molecule has 3 rings (SSSR count). The van der Waals surface area contributed by atoms with Crippen molar-refractivity contribution in [3.63, 3.8) is 0 Å². The lowest BCUT2D eigenvalue weighted by Gasteiger charge is -2.16. The molecule has 6 heteroatoms. The molecule has 0 spiro atoms. The summed E-state index contributed by atoms with van der Waals surface area (Å²) in [5.41, 5.74) is 2.28. The van der Waals surface area contributed by atoms with Crippen molar-refractivity contribution < 1.29 is 13.5 Å².